The normalized spacial score (nSPS) is 18.5. The lowest BCUT2D eigenvalue weighted by atomic mass is 10.1. The number of esters is 1. The molecule has 0 radical (unpaired) electrons. The molecule has 4 nitrogen and oxygen atoms in total. The lowest BCUT2D eigenvalue weighted by Crippen LogP contribution is -2.26. The topological polar surface area (TPSA) is 46.6 Å². The number of halogens is 1. The van der Waals surface area contributed by atoms with Crippen molar-refractivity contribution < 1.29 is 14.3 Å². The van der Waals surface area contributed by atoms with Crippen molar-refractivity contribution in [3.8, 4) is 0 Å². The Bertz CT molecular complexity index is 556. The van der Waals surface area contributed by atoms with Crippen LogP contribution in [0.15, 0.2) is 16.6 Å². The van der Waals surface area contributed by atoms with Gasteiger partial charge in [-0.2, -0.15) is 0 Å². The van der Waals surface area contributed by atoms with Crippen molar-refractivity contribution in [2.75, 3.05) is 18.6 Å². The van der Waals surface area contributed by atoms with E-state index in [2.05, 4.69) is 22.9 Å². The molecular formula is C15H18BrNO3. The van der Waals surface area contributed by atoms with Crippen molar-refractivity contribution in [1.82, 2.24) is 0 Å². The number of amides is 1. The Morgan fingerprint density at radius 1 is 1.50 bits per heavy atom. The molecule has 0 aromatic heterocycles. The van der Waals surface area contributed by atoms with Gasteiger partial charge in [0, 0.05) is 23.1 Å². The summed E-state index contributed by atoms with van der Waals surface area (Å²) in [5.41, 5.74) is 3.11. The van der Waals surface area contributed by atoms with E-state index < -0.39 is 0 Å². The molecule has 1 aromatic rings. The molecule has 1 aromatic carbocycles. The Labute approximate surface area is 127 Å². The second kappa shape index (κ2) is 5.95. The number of methoxy groups -OCH3 is 1. The molecule has 5 heteroatoms. The van der Waals surface area contributed by atoms with E-state index >= 15 is 0 Å². The van der Waals surface area contributed by atoms with Crippen molar-refractivity contribution in [3.05, 3.63) is 27.7 Å². The van der Waals surface area contributed by atoms with Crippen molar-refractivity contribution in [2.45, 2.75) is 26.7 Å². The van der Waals surface area contributed by atoms with Gasteiger partial charge in [0.05, 0.1) is 13.0 Å². The fourth-order valence-corrected chi connectivity index (χ4v) is 3.03. The number of benzene rings is 1. The zero-order valence-electron chi connectivity index (χ0n) is 11.9. The van der Waals surface area contributed by atoms with Gasteiger partial charge in [-0.25, -0.2) is 0 Å². The van der Waals surface area contributed by atoms with E-state index in [-0.39, 0.29) is 24.2 Å². The van der Waals surface area contributed by atoms with E-state index in [0.717, 1.165) is 27.7 Å². The predicted molar refractivity (Wildman–Crippen MR) is 80.7 cm³/mol. The Balaban J connectivity index is 2.31. The number of nitrogens with zero attached hydrogens (tertiary/aromatic N) is 1. The highest BCUT2D eigenvalue weighted by atomic mass is 79.9. The van der Waals surface area contributed by atoms with Crippen LogP contribution in [0, 0.1) is 12.8 Å². The third kappa shape index (κ3) is 2.73. The summed E-state index contributed by atoms with van der Waals surface area (Å²) in [6, 6.07) is 3.98. The molecule has 0 aliphatic carbocycles. The van der Waals surface area contributed by atoms with Gasteiger partial charge in [-0.3, -0.25) is 9.59 Å². The molecule has 0 bridgehead atoms. The molecule has 20 heavy (non-hydrogen) atoms. The van der Waals surface area contributed by atoms with Crippen LogP contribution in [0.3, 0.4) is 0 Å². The average Bonchev–Trinajstić information content (AvgIpc) is 2.83. The van der Waals surface area contributed by atoms with Crippen molar-refractivity contribution in [3.63, 3.8) is 0 Å². The fourth-order valence-electron chi connectivity index (χ4n) is 2.52. The van der Waals surface area contributed by atoms with Gasteiger partial charge in [0.25, 0.3) is 0 Å². The molecule has 1 heterocycles. The van der Waals surface area contributed by atoms with Gasteiger partial charge < -0.3 is 9.64 Å². The number of carbonyl (C=O) groups is 2. The Hall–Kier alpha value is -1.36. The first-order chi connectivity index (χ1) is 9.47. The summed E-state index contributed by atoms with van der Waals surface area (Å²) >= 11 is 3.57. The Morgan fingerprint density at radius 3 is 2.80 bits per heavy atom. The van der Waals surface area contributed by atoms with Gasteiger partial charge in [-0.05, 0) is 36.6 Å². The molecule has 0 unspecified atom stereocenters. The predicted octanol–water partition coefficient (Wildman–Crippen LogP) is 2.85. The number of ether oxygens (including phenoxy) is 1. The summed E-state index contributed by atoms with van der Waals surface area (Å²) in [6.45, 7) is 4.48. The molecule has 1 aliphatic heterocycles. The summed E-state index contributed by atoms with van der Waals surface area (Å²) in [6.07, 6.45) is 1.11. The largest absolute Gasteiger partial charge is 0.469 e. The molecule has 1 amide bonds. The van der Waals surface area contributed by atoms with Gasteiger partial charge in [0.15, 0.2) is 0 Å². The van der Waals surface area contributed by atoms with Crippen LogP contribution in [0.25, 0.3) is 0 Å². The first-order valence-electron chi connectivity index (χ1n) is 6.65. The van der Waals surface area contributed by atoms with Gasteiger partial charge in [0.2, 0.25) is 5.91 Å². The Kier molecular flexibility index (Phi) is 4.48. The molecule has 1 fully saturated rings. The molecule has 0 N–H and O–H groups in total. The monoisotopic (exact) mass is 339 g/mol. The second-order valence-corrected chi connectivity index (χ2v) is 5.81. The molecular weight excluding hydrogens is 322 g/mol. The average molecular weight is 340 g/mol. The van der Waals surface area contributed by atoms with Crippen molar-refractivity contribution in [1.29, 1.82) is 0 Å². The van der Waals surface area contributed by atoms with Gasteiger partial charge in [-0.15, -0.1) is 0 Å². The number of hydrogen-bond donors (Lipinski definition) is 0. The van der Waals surface area contributed by atoms with Crippen LogP contribution in [0.2, 0.25) is 0 Å². The number of hydrogen-bond acceptors (Lipinski definition) is 3. The number of anilines is 1. The van der Waals surface area contributed by atoms with E-state index in [9.17, 15) is 9.59 Å². The minimum absolute atomic E-state index is 0.0239. The maximum atomic E-state index is 12.1. The van der Waals surface area contributed by atoms with Crippen LogP contribution < -0.4 is 4.90 Å². The van der Waals surface area contributed by atoms with E-state index in [0.29, 0.717) is 6.54 Å². The smallest absolute Gasteiger partial charge is 0.311 e. The van der Waals surface area contributed by atoms with E-state index in [4.69, 9.17) is 4.74 Å². The van der Waals surface area contributed by atoms with Gasteiger partial charge in [0.1, 0.15) is 0 Å². The van der Waals surface area contributed by atoms with E-state index in [1.165, 1.54) is 7.11 Å². The van der Waals surface area contributed by atoms with Gasteiger partial charge >= 0.3 is 5.97 Å². The number of rotatable bonds is 3. The van der Waals surface area contributed by atoms with E-state index in [1.54, 1.807) is 4.90 Å². The number of carbonyl (C=O) groups excluding carboxylic acids is 2. The van der Waals surface area contributed by atoms with Crippen LogP contribution in [-0.4, -0.2) is 25.5 Å². The van der Waals surface area contributed by atoms with Crippen molar-refractivity contribution >= 4 is 33.5 Å². The quantitative estimate of drug-likeness (QED) is 0.795. The fraction of sp³-hybridized carbons (Fsp3) is 0.467. The van der Waals surface area contributed by atoms with Crippen LogP contribution in [0.1, 0.15) is 24.5 Å². The second-order valence-electron chi connectivity index (χ2n) is 5.02. The lowest BCUT2D eigenvalue weighted by molar-refractivity contribution is -0.145. The number of aryl methyl sites for hydroxylation is 2. The highest BCUT2D eigenvalue weighted by molar-refractivity contribution is 9.10. The van der Waals surface area contributed by atoms with Crippen LogP contribution in [0.5, 0.6) is 0 Å². The maximum Gasteiger partial charge on any atom is 0.311 e. The van der Waals surface area contributed by atoms with Crippen LogP contribution in [0.4, 0.5) is 5.69 Å². The van der Waals surface area contributed by atoms with Crippen LogP contribution in [-0.2, 0) is 20.7 Å². The summed E-state index contributed by atoms with van der Waals surface area (Å²) < 4.78 is 5.81. The molecule has 0 saturated carbocycles. The molecule has 1 aliphatic rings. The highest BCUT2D eigenvalue weighted by Gasteiger charge is 2.36. The van der Waals surface area contributed by atoms with E-state index in [1.807, 2.05) is 19.1 Å². The highest BCUT2D eigenvalue weighted by Crippen LogP contribution is 2.31. The molecule has 1 saturated heterocycles. The van der Waals surface area contributed by atoms with Crippen molar-refractivity contribution in [2.24, 2.45) is 5.92 Å². The first-order valence-corrected chi connectivity index (χ1v) is 7.44. The van der Waals surface area contributed by atoms with Crippen LogP contribution >= 0.6 is 15.9 Å². The van der Waals surface area contributed by atoms with Gasteiger partial charge in [-0.1, -0.05) is 22.9 Å². The lowest BCUT2D eigenvalue weighted by Gasteiger charge is -2.19. The summed E-state index contributed by atoms with van der Waals surface area (Å²) in [4.78, 5) is 25.4. The third-order valence-corrected chi connectivity index (χ3v) is 4.80. The Morgan fingerprint density at radius 2 is 2.20 bits per heavy atom. The SMILES string of the molecule is CCc1cc(N2C[C@@H](C(=O)OC)CC2=O)cc(C)c1Br. The molecule has 2 rings (SSSR count). The molecule has 108 valence electrons. The zero-order chi connectivity index (χ0) is 14.9. The summed E-state index contributed by atoms with van der Waals surface area (Å²) in [5.74, 6) is -0.698. The first kappa shape index (κ1) is 15.0. The zero-order valence-corrected chi connectivity index (χ0v) is 13.5. The minimum atomic E-state index is -0.360. The summed E-state index contributed by atoms with van der Waals surface area (Å²) in [7, 11) is 1.36. The third-order valence-electron chi connectivity index (χ3n) is 3.67. The molecule has 1 atom stereocenters. The minimum Gasteiger partial charge on any atom is -0.469 e. The molecule has 0 spiro atoms. The summed E-state index contributed by atoms with van der Waals surface area (Å²) in [5, 5.41) is 0. The maximum absolute atomic E-state index is 12.1. The standard InChI is InChI=1S/C15H18BrNO3/c1-4-10-6-12(5-9(2)14(10)16)17-8-11(7-13(17)18)15(19)20-3/h5-6,11H,4,7-8H2,1-3H3/t11-/m0/s1.